The molecule has 1 aromatic carbocycles. The van der Waals surface area contributed by atoms with E-state index in [0.29, 0.717) is 10.9 Å². The second-order valence-corrected chi connectivity index (χ2v) is 8.65. The molecule has 1 N–H and O–H groups in total. The number of nitrogens with one attached hydrogen (secondary N) is 1. The minimum Gasteiger partial charge on any atom is -0.316 e. The Bertz CT molecular complexity index is 966. The molecule has 0 fully saturated rings. The van der Waals surface area contributed by atoms with Crippen molar-refractivity contribution in [2.24, 2.45) is 0 Å². The van der Waals surface area contributed by atoms with E-state index in [9.17, 15) is 8.42 Å². The summed E-state index contributed by atoms with van der Waals surface area (Å²) < 4.78 is 25.4. The monoisotopic (exact) mass is 379 g/mol. The first-order chi connectivity index (χ1) is 11.4. The molecule has 2 heterocycles. The summed E-state index contributed by atoms with van der Waals surface area (Å²) in [5, 5.41) is 3.76. The topological polar surface area (TPSA) is 72.0 Å². The summed E-state index contributed by atoms with van der Waals surface area (Å²) in [6.07, 6.45) is 0. The van der Waals surface area contributed by atoms with Crippen LogP contribution in [0.1, 0.15) is 10.6 Å². The number of aryl methyl sites for hydroxylation is 2. The van der Waals surface area contributed by atoms with Crippen molar-refractivity contribution >= 4 is 43.7 Å². The van der Waals surface area contributed by atoms with Gasteiger partial charge < -0.3 is 5.32 Å². The number of nitrogens with zero attached hydrogens (tertiary/aromatic N) is 2. The molecule has 0 spiro atoms. The van der Waals surface area contributed by atoms with Crippen LogP contribution in [-0.2, 0) is 9.84 Å². The van der Waals surface area contributed by atoms with E-state index in [4.69, 9.17) is 11.6 Å². The number of aromatic nitrogens is 2. The quantitative estimate of drug-likeness (QED) is 0.681. The SMILES string of the molecule is Cc1nc(Nc2cc(S(=O)(=O)c3ccccc3)cc(Cl)n2)sc1C. The number of thiazole rings is 1. The number of rotatable bonds is 4. The summed E-state index contributed by atoms with van der Waals surface area (Å²) in [7, 11) is -3.66. The number of hydrogen-bond acceptors (Lipinski definition) is 6. The second-order valence-electron chi connectivity index (χ2n) is 5.11. The molecule has 3 aromatic rings. The predicted molar refractivity (Wildman–Crippen MR) is 96.0 cm³/mol. The molecule has 5 nitrogen and oxygen atoms in total. The molecular weight excluding hydrogens is 366 g/mol. The maximum atomic E-state index is 12.7. The molecular formula is C16H14ClN3O2S2. The predicted octanol–water partition coefficient (Wildman–Crippen LogP) is 4.38. The number of pyridine rings is 1. The largest absolute Gasteiger partial charge is 0.316 e. The van der Waals surface area contributed by atoms with Crippen LogP contribution in [0.15, 0.2) is 52.3 Å². The van der Waals surface area contributed by atoms with Gasteiger partial charge in [-0.05, 0) is 32.0 Å². The van der Waals surface area contributed by atoms with Crippen LogP contribution < -0.4 is 5.32 Å². The van der Waals surface area contributed by atoms with Crippen LogP contribution in [0.4, 0.5) is 10.9 Å². The van der Waals surface area contributed by atoms with Gasteiger partial charge in [0.05, 0.1) is 15.5 Å². The number of halogens is 1. The molecule has 0 unspecified atom stereocenters. The van der Waals surface area contributed by atoms with Crippen molar-refractivity contribution in [2.75, 3.05) is 5.32 Å². The van der Waals surface area contributed by atoms with E-state index in [2.05, 4.69) is 15.3 Å². The minimum absolute atomic E-state index is 0.0844. The lowest BCUT2D eigenvalue weighted by Gasteiger charge is -2.08. The highest BCUT2D eigenvalue weighted by Gasteiger charge is 2.19. The fraction of sp³-hybridized carbons (Fsp3) is 0.125. The molecule has 0 saturated heterocycles. The van der Waals surface area contributed by atoms with Gasteiger partial charge in [0.2, 0.25) is 9.84 Å². The molecule has 0 radical (unpaired) electrons. The van der Waals surface area contributed by atoms with Gasteiger partial charge in [0.25, 0.3) is 0 Å². The van der Waals surface area contributed by atoms with Crippen molar-refractivity contribution in [3.8, 4) is 0 Å². The molecule has 2 aromatic heterocycles. The van der Waals surface area contributed by atoms with Gasteiger partial charge in [-0.2, -0.15) is 0 Å². The van der Waals surface area contributed by atoms with Crippen molar-refractivity contribution < 1.29 is 8.42 Å². The highest BCUT2D eigenvalue weighted by atomic mass is 35.5. The van der Waals surface area contributed by atoms with E-state index < -0.39 is 9.84 Å². The van der Waals surface area contributed by atoms with Crippen molar-refractivity contribution in [2.45, 2.75) is 23.6 Å². The third-order valence-electron chi connectivity index (χ3n) is 3.39. The fourth-order valence-corrected chi connectivity index (χ4v) is 4.48. The van der Waals surface area contributed by atoms with E-state index in [1.807, 2.05) is 13.8 Å². The molecule has 0 saturated carbocycles. The molecule has 0 amide bonds. The van der Waals surface area contributed by atoms with Crippen LogP contribution in [0.2, 0.25) is 5.15 Å². The van der Waals surface area contributed by atoms with Gasteiger partial charge in [-0.25, -0.2) is 18.4 Å². The molecule has 3 rings (SSSR count). The number of hydrogen-bond donors (Lipinski definition) is 1. The molecule has 0 aliphatic rings. The number of anilines is 2. The summed E-state index contributed by atoms with van der Waals surface area (Å²) in [6, 6.07) is 11.0. The molecule has 24 heavy (non-hydrogen) atoms. The van der Waals surface area contributed by atoms with Crippen molar-refractivity contribution in [1.29, 1.82) is 0 Å². The first-order valence-electron chi connectivity index (χ1n) is 7.05. The highest BCUT2D eigenvalue weighted by molar-refractivity contribution is 7.91. The first kappa shape index (κ1) is 16.9. The van der Waals surface area contributed by atoms with E-state index in [1.54, 1.807) is 30.3 Å². The number of benzene rings is 1. The summed E-state index contributed by atoms with van der Waals surface area (Å²) in [5.74, 6) is 0.339. The van der Waals surface area contributed by atoms with E-state index in [0.717, 1.165) is 10.6 Å². The second kappa shape index (κ2) is 6.51. The van der Waals surface area contributed by atoms with Gasteiger partial charge in [-0.15, -0.1) is 11.3 Å². The highest BCUT2D eigenvalue weighted by Crippen LogP contribution is 2.28. The van der Waals surface area contributed by atoms with Crippen molar-refractivity contribution in [3.63, 3.8) is 0 Å². The standard InChI is InChI=1S/C16H14ClN3O2S2/c1-10-11(2)23-16(18-10)20-15-9-13(8-14(17)19-15)24(21,22)12-6-4-3-5-7-12/h3-9H,1-2H3,(H,18,19,20). The zero-order valence-corrected chi connectivity index (χ0v) is 15.3. The summed E-state index contributed by atoms with van der Waals surface area (Å²) >= 11 is 7.48. The Labute approximate surface area is 149 Å². The van der Waals surface area contributed by atoms with Crippen molar-refractivity contribution in [1.82, 2.24) is 9.97 Å². The Kier molecular flexibility index (Phi) is 4.58. The van der Waals surface area contributed by atoms with Gasteiger partial charge >= 0.3 is 0 Å². The summed E-state index contributed by atoms with van der Waals surface area (Å²) in [6.45, 7) is 3.88. The molecule has 124 valence electrons. The van der Waals surface area contributed by atoms with Crippen LogP contribution >= 0.6 is 22.9 Å². The third kappa shape index (κ3) is 3.43. The van der Waals surface area contributed by atoms with Crippen LogP contribution in [0.3, 0.4) is 0 Å². The van der Waals surface area contributed by atoms with Gasteiger partial charge in [0.1, 0.15) is 11.0 Å². The summed E-state index contributed by atoms with van der Waals surface area (Å²) in [5.41, 5.74) is 0.918. The molecule has 0 aliphatic heterocycles. The minimum atomic E-state index is -3.66. The third-order valence-corrected chi connectivity index (χ3v) is 6.33. The average Bonchev–Trinajstić information content (AvgIpc) is 2.85. The fourth-order valence-electron chi connectivity index (χ4n) is 2.06. The van der Waals surface area contributed by atoms with Crippen LogP contribution in [0, 0.1) is 13.8 Å². The molecule has 8 heteroatoms. The Morgan fingerprint density at radius 3 is 2.38 bits per heavy atom. The van der Waals surface area contributed by atoms with E-state index >= 15 is 0 Å². The maximum absolute atomic E-state index is 12.7. The lowest BCUT2D eigenvalue weighted by atomic mass is 10.4. The number of sulfone groups is 1. The van der Waals surface area contributed by atoms with E-state index in [-0.39, 0.29) is 14.9 Å². The molecule has 0 atom stereocenters. The molecule has 0 aliphatic carbocycles. The Morgan fingerprint density at radius 1 is 1.04 bits per heavy atom. The normalized spacial score (nSPS) is 11.5. The Morgan fingerprint density at radius 2 is 1.75 bits per heavy atom. The summed E-state index contributed by atoms with van der Waals surface area (Å²) in [4.78, 5) is 9.86. The lowest BCUT2D eigenvalue weighted by Crippen LogP contribution is -2.04. The zero-order chi connectivity index (χ0) is 17.3. The maximum Gasteiger partial charge on any atom is 0.206 e. The van der Waals surface area contributed by atoms with E-state index in [1.165, 1.54) is 23.5 Å². The smallest absolute Gasteiger partial charge is 0.206 e. The van der Waals surface area contributed by atoms with Gasteiger partial charge in [-0.1, -0.05) is 29.8 Å². The van der Waals surface area contributed by atoms with Crippen molar-refractivity contribution in [3.05, 3.63) is 58.2 Å². The van der Waals surface area contributed by atoms with Gasteiger partial charge in [-0.3, -0.25) is 0 Å². The van der Waals surface area contributed by atoms with Gasteiger partial charge in [0.15, 0.2) is 5.13 Å². The Hall–Kier alpha value is -1.96. The first-order valence-corrected chi connectivity index (χ1v) is 9.73. The average molecular weight is 380 g/mol. The molecule has 0 bridgehead atoms. The van der Waals surface area contributed by atoms with Crippen LogP contribution in [-0.4, -0.2) is 18.4 Å². The van der Waals surface area contributed by atoms with Crippen LogP contribution in [0.25, 0.3) is 0 Å². The Balaban J connectivity index is 2.00. The zero-order valence-electron chi connectivity index (χ0n) is 12.9. The van der Waals surface area contributed by atoms with Crippen LogP contribution in [0.5, 0.6) is 0 Å². The lowest BCUT2D eigenvalue weighted by molar-refractivity contribution is 0.596. The van der Waals surface area contributed by atoms with Gasteiger partial charge in [0, 0.05) is 10.9 Å².